The Morgan fingerprint density at radius 2 is 2.21 bits per heavy atom. The third-order valence-corrected chi connectivity index (χ3v) is 3.41. The molecule has 19 heavy (non-hydrogen) atoms. The molecule has 1 saturated heterocycles. The van der Waals surface area contributed by atoms with Crippen molar-refractivity contribution in [2.24, 2.45) is 5.73 Å². The first-order valence-corrected chi connectivity index (χ1v) is 6.22. The van der Waals surface area contributed by atoms with Gasteiger partial charge in [-0.2, -0.15) is 0 Å². The molecule has 1 aliphatic rings. The fourth-order valence-corrected chi connectivity index (χ4v) is 2.23. The molecule has 3 atom stereocenters. The van der Waals surface area contributed by atoms with Crippen LogP contribution in [0.15, 0.2) is 24.5 Å². The number of carbonyl (C=O) groups excluding carboxylic acids is 1. The fourth-order valence-electron chi connectivity index (χ4n) is 2.23. The van der Waals surface area contributed by atoms with Gasteiger partial charge in [0.15, 0.2) is 0 Å². The highest BCUT2D eigenvalue weighted by atomic mass is 19.1. The molecule has 1 amide bonds. The minimum atomic E-state index is -1.36. The van der Waals surface area contributed by atoms with Gasteiger partial charge in [-0.15, -0.1) is 0 Å². The van der Waals surface area contributed by atoms with Crippen LogP contribution in [0.1, 0.15) is 25.0 Å². The van der Waals surface area contributed by atoms with E-state index in [4.69, 9.17) is 5.73 Å². The van der Waals surface area contributed by atoms with Crippen LogP contribution >= 0.6 is 0 Å². The number of carbonyl (C=O) groups is 1. The molecule has 1 aromatic heterocycles. The lowest BCUT2D eigenvalue weighted by atomic mass is 10.0. The number of aromatic nitrogens is 1. The minimum absolute atomic E-state index is 0.0304. The topological polar surface area (TPSA) is 79.5 Å². The van der Waals surface area contributed by atoms with Crippen LogP contribution in [0, 0.1) is 0 Å². The van der Waals surface area contributed by atoms with Crippen molar-refractivity contribution in [1.29, 1.82) is 0 Å². The van der Waals surface area contributed by atoms with Gasteiger partial charge >= 0.3 is 0 Å². The van der Waals surface area contributed by atoms with Gasteiger partial charge in [-0.25, -0.2) is 4.39 Å². The normalized spacial score (nSPS) is 26.2. The molecule has 2 rings (SSSR count). The number of alkyl halides is 1. The SMILES string of the molecule is CC1(F)CCN(C(=O)[C@@H](N)[C@H](O)c2ccncc2)C1. The molecular formula is C13H18FN3O2. The summed E-state index contributed by atoms with van der Waals surface area (Å²) in [7, 11) is 0. The lowest BCUT2D eigenvalue weighted by Gasteiger charge is -2.24. The van der Waals surface area contributed by atoms with E-state index in [2.05, 4.69) is 4.98 Å². The molecule has 1 aliphatic heterocycles. The maximum atomic E-state index is 13.7. The van der Waals surface area contributed by atoms with Crippen molar-refractivity contribution in [2.75, 3.05) is 13.1 Å². The largest absolute Gasteiger partial charge is 0.386 e. The number of hydrogen-bond donors (Lipinski definition) is 2. The van der Waals surface area contributed by atoms with Crippen molar-refractivity contribution in [1.82, 2.24) is 9.88 Å². The quantitative estimate of drug-likeness (QED) is 0.831. The summed E-state index contributed by atoms with van der Waals surface area (Å²) in [6.07, 6.45) is 2.23. The van der Waals surface area contributed by atoms with Crippen molar-refractivity contribution < 1.29 is 14.3 Å². The molecule has 6 heteroatoms. The molecule has 2 heterocycles. The average molecular weight is 267 g/mol. The van der Waals surface area contributed by atoms with Crippen LogP contribution in [0.25, 0.3) is 0 Å². The Kier molecular flexibility index (Phi) is 3.82. The summed E-state index contributed by atoms with van der Waals surface area (Å²) in [5, 5.41) is 10.1. The second kappa shape index (κ2) is 5.22. The molecular weight excluding hydrogens is 249 g/mol. The van der Waals surface area contributed by atoms with Crippen molar-refractivity contribution in [2.45, 2.75) is 31.2 Å². The van der Waals surface area contributed by atoms with Crippen LogP contribution in [-0.4, -0.2) is 45.7 Å². The maximum absolute atomic E-state index is 13.7. The molecule has 1 aromatic rings. The van der Waals surface area contributed by atoms with Gasteiger partial charge in [-0.1, -0.05) is 0 Å². The van der Waals surface area contributed by atoms with Gasteiger partial charge in [-0.05, 0) is 24.6 Å². The molecule has 0 radical (unpaired) electrons. The highest BCUT2D eigenvalue weighted by Crippen LogP contribution is 2.26. The van der Waals surface area contributed by atoms with Crippen LogP contribution in [-0.2, 0) is 4.79 Å². The summed E-state index contributed by atoms with van der Waals surface area (Å²) < 4.78 is 13.7. The number of nitrogens with zero attached hydrogens (tertiary/aromatic N) is 2. The summed E-state index contributed by atoms with van der Waals surface area (Å²) in [6, 6.07) is 2.11. The van der Waals surface area contributed by atoms with E-state index in [-0.39, 0.29) is 6.54 Å². The number of hydrogen-bond acceptors (Lipinski definition) is 4. The van der Waals surface area contributed by atoms with Gasteiger partial charge in [0, 0.05) is 25.4 Å². The van der Waals surface area contributed by atoms with Crippen molar-refractivity contribution >= 4 is 5.91 Å². The van der Waals surface area contributed by atoms with E-state index in [1.54, 1.807) is 12.1 Å². The summed E-state index contributed by atoms with van der Waals surface area (Å²) in [5.41, 5.74) is 4.94. The average Bonchev–Trinajstić information content (AvgIpc) is 2.77. The highest BCUT2D eigenvalue weighted by Gasteiger charge is 2.39. The number of aliphatic hydroxyl groups excluding tert-OH is 1. The molecule has 0 aromatic carbocycles. The first-order valence-electron chi connectivity index (χ1n) is 6.22. The number of pyridine rings is 1. The van der Waals surface area contributed by atoms with Gasteiger partial charge in [0.2, 0.25) is 5.91 Å². The molecule has 3 N–H and O–H groups in total. The molecule has 0 aliphatic carbocycles. The number of aliphatic hydroxyl groups is 1. The molecule has 5 nitrogen and oxygen atoms in total. The standard InChI is InChI=1S/C13H18FN3O2/c1-13(14)4-7-17(8-13)12(19)10(15)11(18)9-2-5-16-6-3-9/h2-3,5-6,10-11,18H,4,7-8,15H2,1H3/t10-,11+,13?/m0/s1. The Balaban J connectivity index is 2.04. The molecule has 0 spiro atoms. The Bertz CT molecular complexity index is 452. The zero-order valence-electron chi connectivity index (χ0n) is 10.8. The molecule has 1 unspecified atom stereocenters. The third-order valence-electron chi connectivity index (χ3n) is 3.41. The second-order valence-electron chi connectivity index (χ2n) is 5.17. The zero-order chi connectivity index (χ0) is 14.0. The van der Waals surface area contributed by atoms with Gasteiger partial charge in [0.25, 0.3) is 0 Å². The van der Waals surface area contributed by atoms with Crippen molar-refractivity contribution in [3.63, 3.8) is 0 Å². The molecule has 1 fully saturated rings. The van der Waals surface area contributed by atoms with E-state index >= 15 is 0 Å². The van der Waals surface area contributed by atoms with Crippen LogP contribution in [0.2, 0.25) is 0 Å². The van der Waals surface area contributed by atoms with Gasteiger partial charge in [0.1, 0.15) is 17.8 Å². The van der Waals surface area contributed by atoms with Crippen LogP contribution < -0.4 is 5.73 Å². The molecule has 0 saturated carbocycles. The zero-order valence-corrected chi connectivity index (χ0v) is 10.8. The van der Waals surface area contributed by atoms with Crippen molar-refractivity contribution in [3.05, 3.63) is 30.1 Å². The summed E-state index contributed by atoms with van der Waals surface area (Å²) in [6.45, 7) is 1.83. The number of nitrogens with two attached hydrogens (primary N) is 1. The number of rotatable bonds is 3. The van der Waals surface area contributed by atoms with Gasteiger partial charge in [-0.3, -0.25) is 9.78 Å². The van der Waals surface area contributed by atoms with Gasteiger partial charge in [0.05, 0.1) is 6.54 Å². The first-order chi connectivity index (χ1) is 8.91. The predicted molar refractivity (Wildman–Crippen MR) is 67.9 cm³/mol. The van der Waals surface area contributed by atoms with Gasteiger partial charge < -0.3 is 15.7 Å². The fraction of sp³-hybridized carbons (Fsp3) is 0.538. The van der Waals surface area contributed by atoms with E-state index < -0.39 is 23.7 Å². The Hall–Kier alpha value is -1.53. The predicted octanol–water partition coefficient (Wildman–Crippen LogP) is 0.403. The highest BCUT2D eigenvalue weighted by molar-refractivity contribution is 5.83. The Morgan fingerprint density at radius 1 is 1.58 bits per heavy atom. The maximum Gasteiger partial charge on any atom is 0.242 e. The van der Waals surface area contributed by atoms with E-state index in [0.717, 1.165) is 0 Å². The summed E-state index contributed by atoms with van der Waals surface area (Å²) in [5.74, 6) is -0.425. The minimum Gasteiger partial charge on any atom is -0.386 e. The van der Waals surface area contributed by atoms with Crippen LogP contribution in [0.4, 0.5) is 4.39 Å². The first kappa shape index (κ1) is 13.9. The molecule has 0 bridgehead atoms. The monoisotopic (exact) mass is 267 g/mol. The van der Waals surface area contributed by atoms with E-state index in [0.29, 0.717) is 18.5 Å². The smallest absolute Gasteiger partial charge is 0.242 e. The lowest BCUT2D eigenvalue weighted by molar-refractivity contribution is -0.134. The second-order valence-corrected chi connectivity index (χ2v) is 5.17. The lowest BCUT2D eigenvalue weighted by Crippen LogP contribution is -2.46. The van der Waals surface area contributed by atoms with E-state index in [1.165, 1.54) is 24.2 Å². The summed E-state index contributed by atoms with van der Waals surface area (Å²) >= 11 is 0. The Morgan fingerprint density at radius 3 is 2.74 bits per heavy atom. The third kappa shape index (κ3) is 3.08. The Labute approximate surface area is 111 Å². The van der Waals surface area contributed by atoms with Crippen LogP contribution in [0.3, 0.4) is 0 Å². The van der Waals surface area contributed by atoms with Crippen molar-refractivity contribution in [3.8, 4) is 0 Å². The number of likely N-dealkylation sites (tertiary alicyclic amines) is 1. The number of halogens is 1. The van der Waals surface area contributed by atoms with E-state index in [9.17, 15) is 14.3 Å². The van der Waals surface area contributed by atoms with E-state index in [1.807, 2.05) is 0 Å². The van der Waals surface area contributed by atoms with Crippen LogP contribution in [0.5, 0.6) is 0 Å². The molecule has 104 valence electrons. The summed E-state index contributed by atoms with van der Waals surface area (Å²) in [4.78, 5) is 17.3. The number of amides is 1.